The molecule has 6 heteroatoms. The van der Waals surface area contributed by atoms with E-state index in [1.54, 1.807) is 12.1 Å². The Kier molecular flexibility index (Phi) is 4.08. The van der Waals surface area contributed by atoms with E-state index in [4.69, 9.17) is 10.7 Å². The van der Waals surface area contributed by atoms with Gasteiger partial charge in [-0.2, -0.15) is 0 Å². The lowest BCUT2D eigenvalue weighted by atomic mass is 10.1. The summed E-state index contributed by atoms with van der Waals surface area (Å²) in [5, 5.41) is 11.0. The normalized spacial score (nSPS) is 11.0. The molecule has 1 aromatic carbocycles. The fourth-order valence-corrected chi connectivity index (χ4v) is 2.70. The number of non-ortho nitro benzene ring substituents is 1. The van der Waals surface area contributed by atoms with Crippen LogP contribution in [-0.2, 0) is 6.42 Å². The number of nitrogens with two attached hydrogens (primary N) is 1. The molecule has 0 unspecified atom stereocenters. The lowest BCUT2D eigenvalue weighted by Crippen LogP contribution is -2.03. The van der Waals surface area contributed by atoms with Crippen LogP contribution in [0.2, 0.25) is 0 Å². The van der Waals surface area contributed by atoms with Crippen LogP contribution in [-0.4, -0.2) is 20.9 Å². The minimum absolute atomic E-state index is 0.0699. The zero-order valence-corrected chi connectivity index (χ0v) is 12.9. The van der Waals surface area contributed by atoms with Gasteiger partial charge in [-0.15, -0.1) is 0 Å². The Labute approximate surface area is 133 Å². The molecule has 0 bridgehead atoms. The van der Waals surface area contributed by atoms with Gasteiger partial charge in [0.15, 0.2) is 0 Å². The Balaban J connectivity index is 2.19. The van der Waals surface area contributed by atoms with Gasteiger partial charge in [-0.25, -0.2) is 4.98 Å². The van der Waals surface area contributed by atoms with Crippen LogP contribution >= 0.6 is 0 Å². The molecular formula is C17H18N4O2. The first-order chi connectivity index (χ1) is 11.1. The van der Waals surface area contributed by atoms with Gasteiger partial charge >= 0.3 is 0 Å². The van der Waals surface area contributed by atoms with E-state index in [0.29, 0.717) is 6.54 Å². The Morgan fingerprint density at radius 2 is 2.13 bits per heavy atom. The highest BCUT2D eigenvalue weighted by Crippen LogP contribution is 2.28. The SMILES string of the molecule is Cc1ccn2c(CCCN)c(-c3cccc([N+](=O)[O-])c3)nc2c1. The van der Waals surface area contributed by atoms with E-state index < -0.39 is 0 Å². The number of fused-ring (bicyclic) bond motifs is 1. The van der Waals surface area contributed by atoms with Gasteiger partial charge < -0.3 is 10.1 Å². The van der Waals surface area contributed by atoms with Crippen molar-refractivity contribution < 1.29 is 4.92 Å². The summed E-state index contributed by atoms with van der Waals surface area (Å²) in [4.78, 5) is 15.3. The number of imidazole rings is 1. The van der Waals surface area contributed by atoms with Crippen molar-refractivity contribution in [2.24, 2.45) is 5.73 Å². The summed E-state index contributed by atoms with van der Waals surface area (Å²) in [7, 11) is 0. The lowest BCUT2D eigenvalue weighted by Gasteiger charge is -2.05. The standard InChI is InChI=1S/C17H18N4O2/c1-12-7-9-20-15(6-3-8-18)17(19-16(20)10-12)13-4-2-5-14(11-13)21(22)23/h2,4-5,7,9-11H,3,6,8,18H2,1H3. The van der Waals surface area contributed by atoms with Gasteiger partial charge in [-0.05, 0) is 44.0 Å². The highest BCUT2D eigenvalue weighted by Gasteiger charge is 2.16. The molecule has 0 aliphatic heterocycles. The summed E-state index contributed by atoms with van der Waals surface area (Å²) in [6.45, 7) is 2.61. The summed E-state index contributed by atoms with van der Waals surface area (Å²) in [6.07, 6.45) is 3.60. The van der Waals surface area contributed by atoms with E-state index in [9.17, 15) is 10.1 Å². The molecule has 0 saturated carbocycles. The van der Waals surface area contributed by atoms with Crippen LogP contribution in [0.1, 0.15) is 17.7 Å². The fourth-order valence-electron chi connectivity index (χ4n) is 2.70. The maximum Gasteiger partial charge on any atom is 0.270 e. The smallest absolute Gasteiger partial charge is 0.270 e. The molecule has 0 radical (unpaired) electrons. The number of aromatic nitrogens is 2. The van der Waals surface area contributed by atoms with Crippen LogP contribution < -0.4 is 5.73 Å². The monoisotopic (exact) mass is 310 g/mol. The molecule has 0 aliphatic rings. The number of benzene rings is 1. The maximum atomic E-state index is 11.0. The first-order valence-electron chi connectivity index (χ1n) is 7.52. The van der Waals surface area contributed by atoms with Gasteiger partial charge in [-0.3, -0.25) is 10.1 Å². The molecule has 6 nitrogen and oxygen atoms in total. The molecule has 0 amide bonds. The molecule has 2 N–H and O–H groups in total. The summed E-state index contributed by atoms with van der Waals surface area (Å²) < 4.78 is 2.04. The van der Waals surface area contributed by atoms with Gasteiger partial charge in [0.2, 0.25) is 0 Å². The quantitative estimate of drug-likeness (QED) is 0.579. The Morgan fingerprint density at radius 1 is 1.30 bits per heavy atom. The second-order valence-electron chi connectivity index (χ2n) is 5.54. The van der Waals surface area contributed by atoms with Gasteiger partial charge in [-0.1, -0.05) is 12.1 Å². The molecule has 0 spiro atoms. The minimum atomic E-state index is -0.386. The molecule has 23 heavy (non-hydrogen) atoms. The number of aryl methyl sites for hydroxylation is 2. The number of nitrogens with zero attached hydrogens (tertiary/aromatic N) is 3. The van der Waals surface area contributed by atoms with Crippen LogP contribution in [0.15, 0.2) is 42.6 Å². The molecule has 2 heterocycles. The molecule has 118 valence electrons. The number of pyridine rings is 1. The van der Waals surface area contributed by atoms with E-state index >= 15 is 0 Å². The summed E-state index contributed by atoms with van der Waals surface area (Å²) >= 11 is 0. The Hall–Kier alpha value is -2.73. The second kappa shape index (κ2) is 6.18. The summed E-state index contributed by atoms with van der Waals surface area (Å²) in [5.74, 6) is 0. The maximum absolute atomic E-state index is 11.0. The number of rotatable bonds is 5. The molecule has 0 atom stereocenters. The molecule has 2 aromatic heterocycles. The van der Waals surface area contributed by atoms with Crippen molar-refractivity contribution in [3.8, 4) is 11.3 Å². The van der Waals surface area contributed by atoms with Gasteiger partial charge in [0.05, 0.1) is 16.3 Å². The van der Waals surface area contributed by atoms with E-state index in [1.165, 1.54) is 6.07 Å². The summed E-state index contributed by atoms with van der Waals surface area (Å²) in [6, 6.07) is 10.6. The number of nitro benzene ring substituents is 1. The highest BCUT2D eigenvalue weighted by molar-refractivity contribution is 5.69. The van der Waals surface area contributed by atoms with Crippen molar-refractivity contribution >= 4 is 11.3 Å². The van der Waals surface area contributed by atoms with Crippen molar-refractivity contribution in [1.29, 1.82) is 0 Å². The topological polar surface area (TPSA) is 86.5 Å². The zero-order valence-electron chi connectivity index (χ0n) is 12.9. The van der Waals surface area contributed by atoms with Crippen LogP contribution in [0.5, 0.6) is 0 Å². The van der Waals surface area contributed by atoms with Crippen LogP contribution in [0.3, 0.4) is 0 Å². The van der Waals surface area contributed by atoms with Crippen LogP contribution in [0, 0.1) is 17.0 Å². The number of nitro groups is 1. The van der Waals surface area contributed by atoms with Crippen LogP contribution in [0.4, 0.5) is 5.69 Å². The van der Waals surface area contributed by atoms with Crippen molar-refractivity contribution in [1.82, 2.24) is 9.38 Å². The Bertz CT molecular complexity index is 870. The van der Waals surface area contributed by atoms with Gasteiger partial charge in [0, 0.05) is 23.9 Å². The molecule has 0 aliphatic carbocycles. The van der Waals surface area contributed by atoms with Crippen molar-refractivity contribution in [3.63, 3.8) is 0 Å². The van der Waals surface area contributed by atoms with Crippen molar-refractivity contribution in [2.45, 2.75) is 19.8 Å². The molecular weight excluding hydrogens is 292 g/mol. The number of hydrogen-bond donors (Lipinski definition) is 1. The van der Waals surface area contributed by atoms with E-state index in [-0.39, 0.29) is 10.6 Å². The third kappa shape index (κ3) is 2.93. The second-order valence-corrected chi connectivity index (χ2v) is 5.54. The first kappa shape index (κ1) is 15.2. The number of hydrogen-bond acceptors (Lipinski definition) is 4. The highest BCUT2D eigenvalue weighted by atomic mass is 16.6. The Morgan fingerprint density at radius 3 is 2.87 bits per heavy atom. The van der Waals surface area contributed by atoms with E-state index in [1.807, 2.05) is 35.7 Å². The molecule has 3 aromatic rings. The zero-order chi connectivity index (χ0) is 16.4. The van der Waals surface area contributed by atoms with E-state index in [0.717, 1.165) is 41.0 Å². The molecule has 0 fully saturated rings. The third-order valence-electron chi connectivity index (χ3n) is 3.83. The average Bonchev–Trinajstić information content (AvgIpc) is 2.90. The van der Waals surface area contributed by atoms with E-state index in [2.05, 4.69) is 0 Å². The molecule has 3 rings (SSSR count). The fraction of sp³-hybridized carbons (Fsp3) is 0.235. The summed E-state index contributed by atoms with van der Waals surface area (Å²) in [5.41, 5.74) is 10.3. The van der Waals surface area contributed by atoms with Crippen LogP contribution in [0.25, 0.3) is 16.9 Å². The van der Waals surface area contributed by atoms with Gasteiger partial charge in [0.25, 0.3) is 5.69 Å². The average molecular weight is 310 g/mol. The van der Waals surface area contributed by atoms with Crippen molar-refractivity contribution in [2.75, 3.05) is 6.54 Å². The predicted octanol–water partition coefficient (Wildman–Crippen LogP) is 3.11. The lowest BCUT2D eigenvalue weighted by molar-refractivity contribution is -0.384. The third-order valence-corrected chi connectivity index (χ3v) is 3.83. The molecule has 0 saturated heterocycles. The van der Waals surface area contributed by atoms with Crippen molar-refractivity contribution in [3.05, 3.63) is 64.0 Å². The predicted molar refractivity (Wildman–Crippen MR) is 89.4 cm³/mol. The minimum Gasteiger partial charge on any atom is -0.330 e. The first-order valence-corrected chi connectivity index (χ1v) is 7.52. The largest absolute Gasteiger partial charge is 0.330 e. The van der Waals surface area contributed by atoms with Gasteiger partial charge in [0.1, 0.15) is 5.65 Å².